The SMILES string of the molecule is N#CC(O)(Cc1ccccc1)C(Cl)c1ccccc1. The monoisotopic (exact) mass is 271 g/mol. The van der Waals surface area contributed by atoms with E-state index < -0.39 is 11.0 Å². The van der Waals surface area contributed by atoms with Crippen molar-refractivity contribution in [3.8, 4) is 6.07 Å². The molecule has 0 saturated carbocycles. The van der Waals surface area contributed by atoms with Crippen LogP contribution in [0.4, 0.5) is 0 Å². The molecule has 0 aliphatic carbocycles. The summed E-state index contributed by atoms with van der Waals surface area (Å²) in [6.45, 7) is 0. The highest BCUT2D eigenvalue weighted by Gasteiger charge is 2.37. The van der Waals surface area contributed by atoms with Crippen LogP contribution in [0, 0.1) is 11.3 Å². The third-order valence-corrected chi connectivity index (χ3v) is 3.63. The molecule has 19 heavy (non-hydrogen) atoms. The second kappa shape index (κ2) is 5.88. The molecule has 2 aromatic carbocycles. The maximum atomic E-state index is 10.5. The van der Waals surface area contributed by atoms with Gasteiger partial charge in [0, 0.05) is 6.42 Å². The summed E-state index contributed by atoms with van der Waals surface area (Å²) in [5.41, 5.74) is 0.00171. The Morgan fingerprint density at radius 2 is 1.58 bits per heavy atom. The second-order valence-corrected chi connectivity index (χ2v) is 4.91. The number of aliphatic hydroxyl groups is 1. The Kier molecular flexibility index (Phi) is 4.21. The lowest BCUT2D eigenvalue weighted by atomic mass is 9.89. The zero-order valence-corrected chi connectivity index (χ0v) is 11.1. The molecule has 0 radical (unpaired) electrons. The number of nitriles is 1. The minimum absolute atomic E-state index is 0.202. The van der Waals surface area contributed by atoms with Gasteiger partial charge in [-0.25, -0.2) is 0 Å². The minimum Gasteiger partial charge on any atom is -0.373 e. The predicted octanol–water partition coefficient (Wildman–Crippen LogP) is 3.46. The Hall–Kier alpha value is -1.82. The normalized spacial score (nSPS) is 15.2. The van der Waals surface area contributed by atoms with Crippen LogP contribution in [0.3, 0.4) is 0 Å². The van der Waals surface area contributed by atoms with Crippen LogP contribution >= 0.6 is 11.6 Å². The first kappa shape index (κ1) is 13.6. The van der Waals surface area contributed by atoms with E-state index in [1.165, 1.54) is 0 Å². The van der Waals surface area contributed by atoms with E-state index in [0.717, 1.165) is 11.1 Å². The van der Waals surface area contributed by atoms with Gasteiger partial charge in [0.25, 0.3) is 0 Å². The van der Waals surface area contributed by atoms with Crippen LogP contribution in [0.5, 0.6) is 0 Å². The first-order chi connectivity index (χ1) is 9.15. The molecule has 0 aliphatic rings. The average Bonchev–Trinajstić information content (AvgIpc) is 2.48. The van der Waals surface area contributed by atoms with Gasteiger partial charge in [-0.2, -0.15) is 5.26 Å². The van der Waals surface area contributed by atoms with Crippen molar-refractivity contribution < 1.29 is 5.11 Å². The Labute approximate surface area is 117 Å². The van der Waals surface area contributed by atoms with Gasteiger partial charge in [-0.15, -0.1) is 11.6 Å². The molecule has 0 saturated heterocycles. The molecule has 2 rings (SSSR count). The van der Waals surface area contributed by atoms with E-state index in [9.17, 15) is 10.4 Å². The zero-order valence-electron chi connectivity index (χ0n) is 10.3. The van der Waals surface area contributed by atoms with Crippen molar-refractivity contribution in [3.63, 3.8) is 0 Å². The first-order valence-electron chi connectivity index (χ1n) is 6.02. The van der Waals surface area contributed by atoms with Gasteiger partial charge in [0.05, 0.1) is 6.07 Å². The third kappa shape index (κ3) is 3.14. The van der Waals surface area contributed by atoms with Crippen molar-refractivity contribution in [2.45, 2.75) is 17.4 Å². The van der Waals surface area contributed by atoms with E-state index in [-0.39, 0.29) is 6.42 Å². The molecule has 0 aliphatic heterocycles. The lowest BCUT2D eigenvalue weighted by Crippen LogP contribution is -2.34. The van der Waals surface area contributed by atoms with Crippen molar-refractivity contribution in [2.24, 2.45) is 0 Å². The summed E-state index contributed by atoms with van der Waals surface area (Å²) >= 11 is 6.29. The van der Waals surface area contributed by atoms with Crippen LogP contribution in [0.2, 0.25) is 0 Å². The Bertz CT molecular complexity index is 564. The van der Waals surface area contributed by atoms with E-state index in [1.54, 1.807) is 0 Å². The number of halogens is 1. The summed E-state index contributed by atoms with van der Waals surface area (Å²) in [7, 11) is 0. The quantitative estimate of drug-likeness (QED) is 0.684. The van der Waals surface area contributed by atoms with Crippen LogP contribution in [0.1, 0.15) is 16.5 Å². The summed E-state index contributed by atoms with van der Waals surface area (Å²) in [5, 5.41) is 19.0. The summed E-state index contributed by atoms with van der Waals surface area (Å²) in [6.07, 6.45) is 0.202. The summed E-state index contributed by atoms with van der Waals surface area (Å²) in [6, 6.07) is 20.5. The molecule has 96 valence electrons. The molecule has 0 amide bonds. The van der Waals surface area contributed by atoms with Gasteiger partial charge < -0.3 is 5.11 Å². The first-order valence-corrected chi connectivity index (χ1v) is 6.46. The molecular formula is C16H14ClNO. The minimum atomic E-state index is -1.62. The average molecular weight is 272 g/mol. The smallest absolute Gasteiger partial charge is 0.175 e. The number of alkyl halides is 1. The summed E-state index contributed by atoms with van der Waals surface area (Å²) in [4.78, 5) is 0. The maximum absolute atomic E-state index is 10.5. The molecule has 2 atom stereocenters. The molecule has 0 aromatic heterocycles. The molecule has 0 fully saturated rings. The number of nitrogens with zero attached hydrogens (tertiary/aromatic N) is 1. The van der Waals surface area contributed by atoms with E-state index in [4.69, 9.17) is 11.6 Å². The summed E-state index contributed by atoms with van der Waals surface area (Å²) < 4.78 is 0. The van der Waals surface area contributed by atoms with Crippen LogP contribution in [0.25, 0.3) is 0 Å². The highest BCUT2D eigenvalue weighted by molar-refractivity contribution is 6.21. The molecule has 2 aromatic rings. The lowest BCUT2D eigenvalue weighted by Gasteiger charge is -2.26. The maximum Gasteiger partial charge on any atom is 0.175 e. The van der Waals surface area contributed by atoms with Crippen molar-refractivity contribution in [2.75, 3.05) is 0 Å². The molecule has 0 spiro atoms. The standard InChI is InChI=1S/C16H14ClNO/c17-15(14-9-5-2-6-10-14)16(19,12-18)11-13-7-3-1-4-8-13/h1-10,15,19H,11H2. The van der Waals surface area contributed by atoms with Gasteiger partial charge in [-0.1, -0.05) is 60.7 Å². The number of benzene rings is 2. The molecular weight excluding hydrogens is 258 g/mol. The van der Waals surface area contributed by atoms with Crippen molar-refractivity contribution >= 4 is 11.6 Å². The largest absolute Gasteiger partial charge is 0.373 e. The zero-order chi connectivity index (χ0) is 13.7. The van der Waals surface area contributed by atoms with E-state index in [0.29, 0.717) is 0 Å². The molecule has 3 heteroatoms. The van der Waals surface area contributed by atoms with Gasteiger partial charge in [-0.3, -0.25) is 0 Å². The fourth-order valence-electron chi connectivity index (χ4n) is 1.99. The van der Waals surface area contributed by atoms with E-state index in [1.807, 2.05) is 66.7 Å². The van der Waals surface area contributed by atoms with Gasteiger partial charge in [0.2, 0.25) is 0 Å². The van der Waals surface area contributed by atoms with Crippen LogP contribution in [-0.2, 0) is 6.42 Å². The molecule has 2 nitrogen and oxygen atoms in total. The molecule has 1 N–H and O–H groups in total. The highest BCUT2D eigenvalue weighted by Crippen LogP contribution is 2.34. The number of hydrogen-bond donors (Lipinski definition) is 1. The van der Waals surface area contributed by atoms with Crippen LogP contribution in [-0.4, -0.2) is 10.7 Å². The van der Waals surface area contributed by atoms with Gasteiger partial charge in [-0.05, 0) is 11.1 Å². The Morgan fingerprint density at radius 1 is 1.05 bits per heavy atom. The number of rotatable bonds is 4. The van der Waals surface area contributed by atoms with Crippen molar-refractivity contribution in [1.82, 2.24) is 0 Å². The predicted molar refractivity (Wildman–Crippen MR) is 75.7 cm³/mol. The Balaban J connectivity index is 2.26. The van der Waals surface area contributed by atoms with Gasteiger partial charge in [0.15, 0.2) is 5.60 Å². The fraction of sp³-hybridized carbons (Fsp3) is 0.188. The van der Waals surface area contributed by atoms with E-state index in [2.05, 4.69) is 0 Å². The van der Waals surface area contributed by atoms with Crippen LogP contribution < -0.4 is 0 Å². The fourth-order valence-corrected chi connectivity index (χ4v) is 2.26. The van der Waals surface area contributed by atoms with Gasteiger partial charge >= 0.3 is 0 Å². The summed E-state index contributed by atoms with van der Waals surface area (Å²) in [5.74, 6) is 0. The van der Waals surface area contributed by atoms with Crippen molar-refractivity contribution in [3.05, 3.63) is 71.8 Å². The van der Waals surface area contributed by atoms with Crippen LogP contribution in [0.15, 0.2) is 60.7 Å². The molecule has 0 heterocycles. The molecule has 0 bridgehead atoms. The topological polar surface area (TPSA) is 44.0 Å². The van der Waals surface area contributed by atoms with Gasteiger partial charge in [0.1, 0.15) is 5.38 Å². The second-order valence-electron chi connectivity index (χ2n) is 4.47. The Morgan fingerprint density at radius 3 is 2.11 bits per heavy atom. The highest BCUT2D eigenvalue weighted by atomic mass is 35.5. The lowest BCUT2D eigenvalue weighted by molar-refractivity contribution is 0.0942. The van der Waals surface area contributed by atoms with Crippen molar-refractivity contribution in [1.29, 1.82) is 5.26 Å². The number of hydrogen-bond acceptors (Lipinski definition) is 2. The third-order valence-electron chi connectivity index (χ3n) is 3.02. The molecule has 2 unspecified atom stereocenters. The van der Waals surface area contributed by atoms with E-state index >= 15 is 0 Å².